The van der Waals surface area contributed by atoms with E-state index in [0.717, 1.165) is 36.2 Å². The molecule has 27 heavy (non-hydrogen) atoms. The number of unbranched alkanes of at least 4 members (excludes halogenated alkanes) is 1. The Labute approximate surface area is 167 Å². The van der Waals surface area contributed by atoms with Crippen molar-refractivity contribution in [3.63, 3.8) is 0 Å². The van der Waals surface area contributed by atoms with E-state index < -0.39 is 6.10 Å². The second kappa shape index (κ2) is 9.62. The molecule has 146 valence electrons. The zero-order valence-electron chi connectivity index (χ0n) is 16.9. The maximum Gasteiger partial charge on any atom is 1.00 e. The lowest BCUT2D eigenvalue weighted by Crippen LogP contribution is -3.00. The number of aliphatic hydroxyl groups is 1. The number of aromatic nitrogens is 2. The number of fused-ring (bicyclic) bond motifs is 1. The Hall–Kier alpha value is -2.24. The number of hydrogen-bond acceptors (Lipinski definition) is 3. The fraction of sp³-hybridized carbons (Fsp3) is 0.381. The number of rotatable bonds is 8. The van der Waals surface area contributed by atoms with Crippen molar-refractivity contribution in [3.8, 4) is 5.75 Å². The molecule has 0 spiro atoms. The first-order valence-electron chi connectivity index (χ1n) is 9.20. The summed E-state index contributed by atoms with van der Waals surface area (Å²) in [7, 11) is 0. The highest BCUT2D eigenvalue weighted by molar-refractivity contribution is 5.75. The molecule has 0 radical (unpaired) electrons. The van der Waals surface area contributed by atoms with E-state index in [2.05, 4.69) is 6.92 Å². The number of imidazole rings is 1. The minimum Gasteiger partial charge on any atom is -1.00 e. The molecule has 3 aromatic rings. The molecule has 0 aliphatic heterocycles. The molecule has 2 aromatic carbocycles. The van der Waals surface area contributed by atoms with Gasteiger partial charge in [0.25, 0.3) is 0 Å². The predicted octanol–water partition coefficient (Wildman–Crippen LogP) is 0.587. The van der Waals surface area contributed by atoms with E-state index in [9.17, 15) is 5.11 Å². The first-order valence-corrected chi connectivity index (χ1v) is 9.20. The van der Waals surface area contributed by atoms with Gasteiger partial charge in [0.2, 0.25) is 5.62 Å². The average Bonchev–Trinajstić information content (AvgIpc) is 2.91. The van der Waals surface area contributed by atoms with Crippen LogP contribution in [0.25, 0.3) is 11.0 Å². The lowest BCUT2D eigenvalue weighted by molar-refractivity contribution is -0.00000769. The van der Waals surface area contributed by atoms with Crippen molar-refractivity contribution in [2.75, 3.05) is 6.61 Å². The molecule has 0 saturated heterocycles. The van der Waals surface area contributed by atoms with Gasteiger partial charge in [-0.25, -0.2) is 0 Å². The number of nitrogens with one attached hydrogen (secondary N) is 1. The molecule has 1 aromatic heterocycles. The Morgan fingerprint density at radius 3 is 2.33 bits per heavy atom. The summed E-state index contributed by atoms with van der Waals surface area (Å²) in [5, 5.41) is 19.0. The molecule has 1 atom stereocenters. The maximum atomic E-state index is 10.4. The van der Waals surface area contributed by atoms with Gasteiger partial charge in [-0.05, 0) is 37.6 Å². The van der Waals surface area contributed by atoms with Gasteiger partial charge in [-0.3, -0.25) is 5.41 Å². The van der Waals surface area contributed by atoms with Gasteiger partial charge < -0.3 is 31.4 Å². The lowest BCUT2D eigenvalue weighted by Gasteiger charge is -2.14. The van der Waals surface area contributed by atoms with Crippen LogP contribution in [-0.2, 0) is 13.1 Å². The van der Waals surface area contributed by atoms with Crippen molar-refractivity contribution in [1.82, 2.24) is 9.13 Å². The molecule has 6 heteroatoms. The van der Waals surface area contributed by atoms with Gasteiger partial charge in [0.1, 0.15) is 18.5 Å². The normalized spacial score (nSPS) is 12.0. The fourth-order valence-corrected chi connectivity index (χ4v) is 3.11. The van der Waals surface area contributed by atoms with Gasteiger partial charge in [0.15, 0.2) is 0 Å². The summed E-state index contributed by atoms with van der Waals surface area (Å²) >= 11 is 0. The third-order valence-electron chi connectivity index (χ3n) is 4.57. The molecule has 0 aliphatic rings. The molecule has 3 rings (SSSR count). The number of benzene rings is 2. The Bertz CT molecular complexity index is 922. The fourth-order valence-electron chi connectivity index (χ4n) is 3.11. The minimum absolute atomic E-state index is 0. The van der Waals surface area contributed by atoms with Crippen molar-refractivity contribution < 1.29 is 23.7 Å². The van der Waals surface area contributed by atoms with Crippen LogP contribution in [0.5, 0.6) is 5.75 Å². The SMILES string of the molecule is CCCCn1c(=N)n(CC(O)COc2ccc(C)cc2)c2ccccc21.[Cl-].[H+]. The smallest absolute Gasteiger partial charge is 1.00 e. The van der Waals surface area contributed by atoms with Crippen LogP contribution in [0.2, 0.25) is 0 Å². The number of nitrogens with zero attached hydrogens (tertiary/aromatic N) is 2. The first kappa shape index (κ1) is 21.1. The highest BCUT2D eigenvalue weighted by Gasteiger charge is 2.14. The first-order chi connectivity index (χ1) is 12.6. The monoisotopic (exact) mass is 389 g/mol. The predicted molar refractivity (Wildman–Crippen MR) is 104 cm³/mol. The van der Waals surface area contributed by atoms with Crippen LogP contribution in [0.15, 0.2) is 48.5 Å². The van der Waals surface area contributed by atoms with E-state index in [1.54, 1.807) is 0 Å². The number of hydrogen-bond donors (Lipinski definition) is 2. The number of aliphatic hydroxyl groups excluding tert-OH is 1. The second-order valence-electron chi connectivity index (χ2n) is 6.71. The number of aryl methyl sites for hydroxylation is 2. The molecule has 0 fully saturated rings. The maximum absolute atomic E-state index is 10.4. The van der Waals surface area contributed by atoms with Crippen LogP contribution in [0.4, 0.5) is 0 Å². The molecule has 0 bridgehead atoms. The lowest BCUT2D eigenvalue weighted by atomic mass is 10.2. The third kappa shape index (κ3) is 4.93. The molecule has 1 unspecified atom stereocenters. The Morgan fingerprint density at radius 2 is 1.70 bits per heavy atom. The van der Waals surface area contributed by atoms with Gasteiger partial charge in [-0.1, -0.05) is 43.2 Å². The van der Waals surface area contributed by atoms with E-state index in [-0.39, 0.29) is 20.4 Å². The summed E-state index contributed by atoms with van der Waals surface area (Å²) < 4.78 is 9.58. The van der Waals surface area contributed by atoms with Crippen LogP contribution in [-0.4, -0.2) is 27.0 Å². The second-order valence-corrected chi connectivity index (χ2v) is 6.71. The van der Waals surface area contributed by atoms with Crippen molar-refractivity contribution in [3.05, 3.63) is 59.7 Å². The molecule has 0 saturated carbocycles. The standard InChI is InChI=1S/C21H27N3O2.ClH/c1-3-4-13-23-19-7-5-6-8-20(19)24(21(23)22)14-17(25)15-26-18-11-9-16(2)10-12-18;/h5-12,17,22,25H,3-4,13-15H2,1-2H3;1H. The zero-order chi connectivity index (χ0) is 18.5. The highest BCUT2D eigenvalue weighted by Crippen LogP contribution is 2.15. The number of halogens is 1. The van der Waals surface area contributed by atoms with E-state index in [4.69, 9.17) is 10.1 Å². The van der Waals surface area contributed by atoms with Gasteiger partial charge in [-0.2, -0.15) is 0 Å². The summed E-state index contributed by atoms with van der Waals surface area (Å²) in [6.45, 7) is 5.53. The van der Waals surface area contributed by atoms with Crippen LogP contribution in [0.1, 0.15) is 26.8 Å². The summed E-state index contributed by atoms with van der Waals surface area (Å²) in [6.07, 6.45) is 1.43. The number of ether oxygens (including phenoxy) is 1. The minimum atomic E-state index is -0.684. The van der Waals surface area contributed by atoms with Gasteiger partial charge in [-0.15, -0.1) is 0 Å². The summed E-state index contributed by atoms with van der Waals surface area (Å²) in [5.74, 6) is 0.746. The molecular formula is C21H28ClN3O2. The van der Waals surface area contributed by atoms with Crippen LogP contribution in [0, 0.1) is 12.3 Å². The van der Waals surface area contributed by atoms with E-state index in [1.165, 1.54) is 5.56 Å². The quantitative estimate of drug-likeness (QED) is 0.592. The summed E-state index contributed by atoms with van der Waals surface area (Å²) in [5.41, 5.74) is 3.61. The Morgan fingerprint density at radius 1 is 1.07 bits per heavy atom. The molecular weight excluding hydrogens is 362 g/mol. The van der Waals surface area contributed by atoms with Crippen LogP contribution < -0.4 is 22.8 Å². The molecule has 0 amide bonds. The number of para-hydroxylation sites is 2. The van der Waals surface area contributed by atoms with Crippen molar-refractivity contribution in [2.45, 2.75) is 45.9 Å². The third-order valence-corrected chi connectivity index (χ3v) is 4.57. The molecule has 1 heterocycles. The largest absolute Gasteiger partial charge is 1.00 e. The molecule has 0 aliphatic carbocycles. The van der Waals surface area contributed by atoms with Crippen molar-refractivity contribution >= 4 is 11.0 Å². The Kier molecular flexibility index (Phi) is 7.51. The highest BCUT2D eigenvalue weighted by atomic mass is 35.5. The van der Waals surface area contributed by atoms with E-state index in [0.29, 0.717) is 12.2 Å². The average molecular weight is 390 g/mol. The molecule has 5 nitrogen and oxygen atoms in total. The summed E-state index contributed by atoms with van der Waals surface area (Å²) in [4.78, 5) is 0. The Balaban J connectivity index is 0.00000196. The van der Waals surface area contributed by atoms with Crippen molar-refractivity contribution in [1.29, 1.82) is 5.41 Å². The van der Waals surface area contributed by atoms with E-state index >= 15 is 0 Å². The van der Waals surface area contributed by atoms with Gasteiger partial charge >= 0.3 is 1.43 Å². The topological polar surface area (TPSA) is 63.2 Å². The van der Waals surface area contributed by atoms with Crippen molar-refractivity contribution in [2.24, 2.45) is 0 Å². The van der Waals surface area contributed by atoms with E-state index in [1.807, 2.05) is 64.6 Å². The van der Waals surface area contributed by atoms with Gasteiger partial charge in [0, 0.05) is 6.54 Å². The summed E-state index contributed by atoms with van der Waals surface area (Å²) in [6, 6.07) is 15.8. The van der Waals surface area contributed by atoms with Crippen LogP contribution in [0.3, 0.4) is 0 Å². The van der Waals surface area contributed by atoms with Gasteiger partial charge in [0.05, 0.1) is 17.6 Å². The van der Waals surface area contributed by atoms with Crippen LogP contribution >= 0.6 is 0 Å². The zero-order valence-corrected chi connectivity index (χ0v) is 16.6. The molecule has 2 N–H and O–H groups in total.